The first-order chi connectivity index (χ1) is 26.8. The SMILES string of the molecule is COc1cccc(C(N)=Nc2cc(C(=O)Nc3cc(C(=O)Nc4cc(C(=O)NCCCN(C)C)n(C)c4)n(C)c3)n(C)c2)c1.O=C(O)C(F)(F)F.O=C(O)C(F)(F)F. The number of aryl methyl sites for hydroxylation is 3. The van der Waals surface area contributed by atoms with Crippen LogP contribution in [0.5, 0.6) is 5.75 Å². The van der Waals surface area contributed by atoms with Gasteiger partial charge in [0.05, 0.1) is 24.2 Å². The molecule has 23 heteroatoms. The third-order valence-electron chi connectivity index (χ3n) is 7.38. The number of carbonyl (C=O) groups is 5. The molecule has 0 spiro atoms. The summed E-state index contributed by atoms with van der Waals surface area (Å²) in [6.07, 6.45) is -4.32. The fourth-order valence-electron chi connectivity index (χ4n) is 4.62. The van der Waals surface area contributed by atoms with Crippen LogP contribution in [0.15, 0.2) is 66.0 Å². The maximum Gasteiger partial charge on any atom is 0.490 e. The number of carboxylic acids is 2. The number of amidine groups is 1. The van der Waals surface area contributed by atoms with Crippen LogP contribution in [-0.4, -0.2) is 111 Å². The zero-order chi connectivity index (χ0) is 44.1. The minimum Gasteiger partial charge on any atom is -0.497 e. The van der Waals surface area contributed by atoms with Crippen LogP contribution < -0.4 is 26.4 Å². The topological polar surface area (TPSA) is 228 Å². The van der Waals surface area contributed by atoms with Crippen molar-refractivity contribution < 1.29 is 65.3 Å². The van der Waals surface area contributed by atoms with Crippen LogP contribution in [0.2, 0.25) is 0 Å². The largest absolute Gasteiger partial charge is 0.497 e. The highest BCUT2D eigenvalue weighted by Gasteiger charge is 2.39. The maximum absolute atomic E-state index is 13.1. The van der Waals surface area contributed by atoms with E-state index in [9.17, 15) is 40.7 Å². The van der Waals surface area contributed by atoms with E-state index >= 15 is 0 Å². The Bertz CT molecular complexity index is 2090. The lowest BCUT2D eigenvalue weighted by Crippen LogP contribution is -2.28. The molecule has 1 aromatic carbocycles. The van der Waals surface area contributed by atoms with E-state index < -0.39 is 24.3 Å². The highest BCUT2D eigenvalue weighted by Crippen LogP contribution is 2.22. The van der Waals surface area contributed by atoms with Crippen LogP contribution in [0.3, 0.4) is 0 Å². The second kappa shape index (κ2) is 20.4. The number of carboxylic acid groups (broad SMARTS) is 2. The van der Waals surface area contributed by atoms with Crippen molar-refractivity contribution in [2.24, 2.45) is 31.9 Å². The van der Waals surface area contributed by atoms with E-state index in [1.54, 1.807) is 84.8 Å². The summed E-state index contributed by atoms with van der Waals surface area (Å²) in [6.45, 7) is 1.42. The zero-order valence-electron chi connectivity index (χ0n) is 31.8. The van der Waals surface area contributed by atoms with Gasteiger partial charge in [-0.2, -0.15) is 26.3 Å². The summed E-state index contributed by atoms with van der Waals surface area (Å²) >= 11 is 0. The van der Waals surface area contributed by atoms with E-state index in [4.69, 9.17) is 30.3 Å². The second-order valence-electron chi connectivity index (χ2n) is 12.3. The van der Waals surface area contributed by atoms with Gasteiger partial charge in [-0.1, -0.05) is 12.1 Å². The number of hydrogen-bond acceptors (Lipinski definition) is 8. The van der Waals surface area contributed by atoms with Crippen molar-refractivity contribution in [3.05, 3.63) is 83.7 Å². The number of benzene rings is 1. The number of hydrogen-bond donors (Lipinski definition) is 6. The van der Waals surface area contributed by atoms with Gasteiger partial charge in [-0.25, -0.2) is 14.6 Å². The van der Waals surface area contributed by atoms with Crippen LogP contribution in [-0.2, 0) is 30.7 Å². The van der Waals surface area contributed by atoms with Crippen LogP contribution in [0.1, 0.15) is 43.4 Å². The number of nitrogens with two attached hydrogens (primary N) is 1. The average Bonchev–Trinajstić information content (AvgIpc) is 3.80. The van der Waals surface area contributed by atoms with Gasteiger partial charge in [0, 0.05) is 51.8 Å². The number of aromatic nitrogens is 3. The van der Waals surface area contributed by atoms with Gasteiger partial charge in [-0.3, -0.25) is 14.4 Å². The normalized spacial score (nSPS) is 11.4. The molecule has 0 atom stereocenters. The Balaban J connectivity index is 0.000000707. The molecular formula is C35H41F6N9O8. The Labute approximate surface area is 326 Å². The molecule has 316 valence electrons. The fourth-order valence-corrected chi connectivity index (χ4v) is 4.62. The van der Waals surface area contributed by atoms with Gasteiger partial charge >= 0.3 is 24.3 Å². The minimum atomic E-state index is -5.08. The lowest BCUT2D eigenvalue weighted by molar-refractivity contribution is -0.193. The molecule has 0 fully saturated rings. The molecule has 4 aromatic rings. The van der Waals surface area contributed by atoms with E-state index in [1.165, 1.54) is 0 Å². The summed E-state index contributed by atoms with van der Waals surface area (Å²) in [7, 11) is 10.7. The van der Waals surface area contributed by atoms with Gasteiger partial charge in [-0.15, -0.1) is 0 Å². The molecule has 0 saturated carbocycles. The molecule has 3 amide bonds. The molecule has 0 unspecified atom stereocenters. The first kappa shape index (κ1) is 47.4. The molecule has 17 nitrogen and oxygen atoms in total. The summed E-state index contributed by atoms with van der Waals surface area (Å²) < 4.78 is 73.6. The lowest BCUT2D eigenvalue weighted by Gasteiger charge is -2.10. The molecule has 4 rings (SSSR count). The number of aliphatic carboxylic acids is 2. The lowest BCUT2D eigenvalue weighted by atomic mass is 10.2. The molecule has 58 heavy (non-hydrogen) atoms. The molecule has 3 heterocycles. The number of nitrogens with one attached hydrogen (secondary N) is 3. The van der Waals surface area contributed by atoms with Crippen molar-refractivity contribution in [1.29, 1.82) is 0 Å². The Morgan fingerprint density at radius 2 is 1.21 bits per heavy atom. The van der Waals surface area contributed by atoms with Gasteiger partial charge in [0.2, 0.25) is 0 Å². The monoisotopic (exact) mass is 829 g/mol. The number of alkyl halides is 6. The average molecular weight is 830 g/mol. The first-order valence-electron chi connectivity index (χ1n) is 16.5. The second-order valence-corrected chi connectivity index (χ2v) is 12.3. The Kier molecular flexibility index (Phi) is 16.7. The smallest absolute Gasteiger partial charge is 0.490 e. The quantitative estimate of drug-likeness (QED) is 0.0516. The Hall–Kier alpha value is -6.78. The first-order valence-corrected chi connectivity index (χ1v) is 16.5. The summed E-state index contributed by atoms with van der Waals surface area (Å²) in [6, 6.07) is 12.1. The molecule has 0 saturated heterocycles. The summed E-state index contributed by atoms with van der Waals surface area (Å²) in [5.74, 6) is -5.55. The standard InChI is InChI=1S/C31H39N9O4.2C2HF3O2/c1-37(2)12-8-11-33-29(41)25-15-22(18-38(25)3)35-31(43)27-16-23(19-40(27)5)36-30(42)26-14-21(17-39(26)4)34-28(32)20-9-7-10-24(13-20)44-6;2*3-2(4,5)1(6)7/h7,9-10,13-19H,8,11-12H2,1-6H3,(H2,32,34)(H,33,41)(H,35,43)(H,36,42);2*(H,6,7). The summed E-state index contributed by atoms with van der Waals surface area (Å²) in [4.78, 5) is 63.1. The van der Waals surface area contributed by atoms with E-state index in [0.717, 1.165) is 13.0 Å². The van der Waals surface area contributed by atoms with Gasteiger partial charge in [0.15, 0.2) is 0 Å². The molecule has 0 aliphatic heterocycles. The van der Waals surface area contributed by atoms with Crippen molar-refractivity contribution in [2.75, 3.05) is 44.9 Å². The highest BCUT2D eigenvalue weighted by molar-refractivity contribution is 6.07. The number of carbonyl (C=O) groups excluding carboxylic acids is 3. The summed E-state index contributed by atoms with van der Waals surface area (Å²) in [5, 5.41) is 22.8. The number of ether oxygens (including phenoxy) is 1. The fraction of sp³-hybridized carbons (Fsp3) is 0.314. The third-order valence-corrected chi connectivity index (χ3v) is 7.38. The Morgan fingerprint density at radius 1 is 0.759 bits per heavy atom. The van der Waals surface area contributed by atoms with Crippen molar-refractivity contribution in [1.82, 2.24) is 23.9 Å². The number of methoxy groups -OCH3 is 1. The molecule has 3 aromatic heterocycles. The van der Waals surface area contributed by atoms with Crippen molar-refractivity contribution in [2.45, 2.75) is 18.8 Å². The molecule has 0 radical (unpaired) electrons. The van der Waals surface area contributed by atoms with Gasteiger partial charge in [-0.05, 0) is 57.4 Å². The number of rotatable bonds is 12. The summed E-state index contributed by atoms with van der Waals surface area (Å²) in [5.41, 5.74) is 9.42. The minimum absolute atomic E-state index is 0.215. The Morgan fingerprint density at radius 3 is 1.66 bits per heavy atom. The predicted molar refractivity (Wildman–Crippen MR) is 198 cm³/mol. The van der Waals surface area contributed by atoms with Crippen molar-refractivity contribution in [3.63, 3.8) is 0 Å². The number of nitrogens with zero attached hydrogens (tertiary/aromatic N) is 5. The van der Waals surface area contributed by atoms with E-state index in [1.807, 2.05) is 32.3 Å². The van der Waals surface area contributed by atoms with Gasteiger partial charge in [0.25, 0.3) is 17.7 Å². The number of amides is 3. The van der Waals surface area contributed by atoms with Crippen molar-refractivity contribution >= 4 is 52.6 Å². The van der Waals surface area contributed by atoms with Crippen LogP contribution in [0, 0.1) is 0 Å². The molecule has 7 N–H and O–H groups in total. The van der Waals surface area contributed by atoms with Crippen LogP contribution in [0.25, 0.3) is 0 Å². The number of halogens is 6. The van der Waals surface area contributed by atoms with E-state index in [0.29, 0.717) is 52.0 Å². The highest BCUT2D eigenvalue weighted by atomic mass is 19.4. The molecule has 0 bridgehead atoms. The third kappa shape index (κ3) is 14.7. The molecular weight excluding hydrogens is 788 g/mol. The molecule has 0 aliphatic carbocycles. The van der Waals surface area contributed by atoms with E-state index in [2.05, 4.69) is 25.8 Å². The van der Waals surface area contributed by atoms with E-state index in [-0.39, 0.29) is 23.6 Å². The van der Waals surface area contributed by atoms with Gasteiger partial charge in [0.1, 0.15) is 28.7 Å². The van der Waals surface area contributed by atoms with Crippen LogP contribution in [0.4, 0.5) is 43.4 Å². The van der Waals surface area contributed by atoms with Crippen LogP contribution >= 0.6 is 0 Å². The van der Waals surface area contributed by atoms with Gasteiger partial charge < -0.3 is 55.2 Å². The predicted octanol–water partition coefficient (Wildman–Crippen LogP) is 4.20. The molecule has 0 aliphatic rings. The van der Waals surface area contributed by atoms with Crippen molar-refractivity contribution in [3.8, 4) is 5.75 Å². The number of aliphatic imine (C=N–C) groups is 1. The zero-order valence-corrected chi connectivity index (χ0v) is 31.8. The maximum atomic E-state index is 13.1. The number of anilines is 2.